The Bertz CT molecular complexity index is 559. The summed E-state index contributed by atoms with van der Waals surface area (Å²) in [5.41, 5.74) is 7.94. The molecule has 1 aliphatic rings. The average molecular weight is 283 g/mol. The first-order chi connectivity index (χ1) is 10.2. The lowest BCUT2D eigenvalue weighted by Gasteiger charge is -2.36. The lowest BCUT2D eigenvalue weighted by Crippen LogP contribution is -2.46. The molecular weight excluding hydrogens is 262 g/mol. The number of nitrogens with two attached hydrogens (primary N) is 1. The summed E-state index contributed by atoms with van der Waals surface area (Å²) >= 11 is 0. The maximum Gasteiger partial charge on any atom is 0.128 e. The minimum absolute atomic E-state index is 0.0138. The molecule has 0 aliphatic carbocycles. The summed E-state index contributed by atoms with van der Waals surface area (Å²) < 4.78 is 0. The summed E-state index contributed by atoms with van der Waals surface area (Å²) in [5.74, 6) is 1.06. The van der Waals surface area contributed by atoms with Crippen molar-refractivity contribution >= 4 is 11.5 Å². The van der Waals surface area contributed by atoms with E-state index in [1.54, 1.807) is 0 Å². The van der Waals surface area contributed by atoms with E-state index in [1.807, 2.05) is 37.5 Å². The maximum atomic E-state index is 5.84. The second-order valence-corrected chi connectivity index (χ2v) is 5.39. The number of hydrogen-bond donors (Lipinski definition) is 1. The molecule has 3 heterocycles. The first kappa shape index (κ1) is 13.8. The molecule has 1 fully saturated rings. The molecule has 5 heteroatoms. The highest BCUT2D eigenvalue weighted by Gasteiger charge is 2.18. The number of nitrogens with zero attached hydrogens (tertiary/aromatic N) is 4. The van der Waals surface area contributed by atoms with Crippen molar-refractivity contribution in [2.75, 3.05) is 36.0 Å². The molecule has 0 bridgehead atoms. The lowest BCUT2D eigenvalue weighted by molar-refractivity contribution is 0.646. The van der Waals surface area contributed by atoms with Crippen molar-refractivity contribution in [3.63, 3.8) is 0 Å². The summed E-state index contributed by atoms with van der Waals surface area (Å²) in [5, 5.41) is 0. The molecule has 1 atom stereocenters. The number of anilines is 2. The highest BCUT2D eigenvalue weighted by molar-refractivity contribution is 5.48. The molecule has 2 aromatic rings. The van der Waals surface area contributed by atoms with Crippen LogP contribution in [0.4, 0.5) is 11.5 Å². The number of aromatic nitrogens is 2. The molecule has 21 heavy (non-hydrogen) atoms. The van der Waals surface area contributed by atoms with Gasteiger partial charge in [-0.15, -0.1) is 0 Å². The van der Waals surface area contributed by atoms with Crippen LogP contribution in [0.1, 0.15) is 18.7 Å². The molecule has 0 radical (unpaired) electrons. The van der Waals surface area contributed by atoms with E-state index in [9.17, 15) is 0 Å². The topological polar surface area (TPSA) is 58.3 Å². The first-order valence-corrected chi connectivity index (χ1v) is 7.36. The Kier molecular flexibility index (Phi) is 4.01. The van der Waals surface area contributed by atoms with Gasteiger partial charge in [-0.05, 0) is 31.2 Å². The highest BCUT2D eigenvalue weighted by Crippen LogP contribution is 2.19. The molecule has 3 rings (SSSR count). The van der Waals surface area contributed by atoms with Crippen LogP contribution >= 0.6 is 0 Å². The maximum absolute atomic E-state index is 5.84. The van der Waals surface area contributed by atoms with E-state index in [2.05, 4.69) is 31.9 Å². The predicted molar refractivity (Wildman–Crippen MR) is 85.5 cm³/mol. The monoisotopic (exact) mass is 283 g/mol. The molecule has 0 saturated carbocycles. The van der Waals surface area contributed by atoms with Gasteiger partial charge in [-0.25, -0.2) is 4.98 Å². The van der Waals surface area contributed by atoms with Crippen molar-refractivity contribution < 1.29 is 0 Å². The van der Waals surface area contributed by atoms with E-state index < -0.39 is 0 Å². The van der Waals surface area contributed by atoms with Gasteiger partial charge in [0, 0.05) is 38.4 Å². The van der Waals surface area contributed by atoms with Crippen molar-refractivity contribution in [1.82, 2.24) is 9.97 Å². The smallest absolute Gasteiger partial charge is 0.128 e. The van der Waals surface area contributed by atoms with Crippen molar-refractivity contribution in [2.24, 2.45) is 5.73 Å². The van der Waals surface area contributed by atoms with E-state index in [-0.39, 0.29) is 6.04 Å². The molecule has 0 amide bonds. The molecular formula is C16H21N5. The van der Waals surface area contributed by atoms with Gasteiger partial charge in [0.05, 0.1) is 17.6 Å². The molecule has 1 saturated heterocycles. The van der Waals surface area contributed by atoms with Crippen LogP contribution in [0.25, 0.3) is 0 Å². The Morgan fingerprint density at radius 2 is 1.76 bits per heavy atom. The zero-order valence-corrected chi connectivity index (χ0v) is 12.3. The number of hydrogen-bond acceptors (Lipinski definition) is 5. The van der Waals surface area contributed by atoms with Crippen LogP contribution in [-0.2, 0) is 0 Å². The van der Waals surface area contributed by atoms with E-state index in [4.69, 9.17) is 5.73 Å². The van der Waals surface area contributed by atoms with Crippen molar-refractivity contribution in [3.8, 4) is 0 Å². The van der Waals surface area contributed by atoms with Crippen LogP contribution in [0.5, 0.6) is 0 Å². The van der Waals surface area contributed by atoms with E-state index in [1.165, 1.54) is 5.69 Å². The van der Waals surface area contributed by atoms with Gasteiger partial charge in [0.15, 0.2) is 0 Å². The second kappa shape index (κ2) is 6.10. The summed E-state index contributed by atoms with van der Waals surface area (Å²) in [4.78, 5) is 13.5. The molecule has 5 nitrogen and oxygen atoms in total. The van der Waals surface area contributed by atoms with Crippen molar-refractivity contribution in [2.45, 2.75) is 13.0 Å². The Labute approximate surface area is 125 Å². The molecule has 110 valence electrons. The van der Waals surface area contributed by atoms with Crippen molar-refractivity contribution in [1.29, 1.82) is 0 Å². The molecule has 2 N–H and O–H groups in total. The Morgan fingerprint density at radius 1 is 1.00 bits per heavy atom. The normalized spacial score (nSPS) is 16.9. The van der Waals surface area contributed by atoms with Gasteiger partial charge in [-0.1, -0.05) is 6.07 Å². The van der Waals surface area contributed by atoms with E-state index >= 15 is 0 Å². The number of piperazine rings is 1. The fourth-order valence-electron chi connectivity index (χ4n) is 2.59. The van der Waals surface area contributed by atoms with Crippen LogP contribution < -0.4 is 15.5 Å². The summed E-state index contributed by atoms with van der Waals surface area (Å²) in [6, 6.07) is 10.2. The van der Waals surface area contributed by atoms with Crippen LogP contribution in [0.15, 0.2) is 42.7 Å². The van der Waals surface area contributed by atoms with Gasteiger partial charge in [-0.3, -0.25) is 4.98 Å². The van der Waals surface area contributed by atoms with E-state index in [0.29, 0.717) is 0 Å². The average Bonchev–Trinajstić information content (AvgIpc) is 2.56. The van der Waals surface area contributed by atoms with Crippen LogP contribution in [0, 0.1) is 0 Å². The largest absolute Gasteiger partial charge is 0.367 e. The molecule has 0 aromatic carbocycles. The zero-order chi connectivity index (χ0) is 14.7. The van der Waals surface area contributed by atoms with Gasteiger partial charge in [0.2, 0.25) is 0 Å². The van der Waals surface area contributed by atoms with Crippen LogP contribution in [-0.4, -0.2) is 36.1 Å². The van der Waals surface area contributed by atoms with Crippen molar-refractivity contribution in [3.05, 3.63) is 48.4 Å². The highest BCUT2D eigenvalue weighted by atomic mass is 15.3. The summed E-state index contributed by atoms with van der Waals surface area (Å²) in [6.07, 6.45) is 3.77. The Morgan fingerprint density at radius 3 is 2.33 bits per heavy atom. The van der Waals surface area contributed by atoms with Gasteiger partial charge in [0.1, 0.15) is 5.82 Å². The number of rotatable bonds is 3. The Balaban J connectivity index is 1.63. The molecule has 2 aromatic heterocycles. The minimum Gasteiger partial charge on any atom is -0.367 e. The van der Waals surface area contributed by atoms with Gasteiger partial charge < -0.3 is 15.5 Å². The SMILES string of the molecule is C[C@H](N)c1ccc(N2CCN(c3ccccn3)CC2)cn1. The Hall–Kier alpha value is -2.14. The number of pyridine rings is 2. The quantitative estimate of drug-likeness (QED) is 0.931. The standard InChI is InChI=1S/C16H21N5/c1-13(17)15-6-5-14(12-19-15)20-8-10-21(11-9-20)16-4-2-3-7-18-16/h2-7,12-13H,8-11,17H2,1H3/t13-/m0/s1. The molecule has 0 spiro atoms. The fraction of sp³-hybridized carbons (Fsp3) is 0.375. The van der Waals surface area contributed by atoms with Gasteiger partial charge in [0.25, 0.3) is 0 Å². The molecule has 1 aliphatic heterocycles. The van der Waals surface area contributed by atoms with Gasteiger partial charge >= 0.3 is 0 Å². The summed E-state index contributed by atoms with van der Waals surface area (Å²) in [6.45, 7) is 5.87. The third kappa shape index (κ3) is 3.13. The second-order valence-electron chi connectivity index (χ2n) is 5.39. The predicted octanol–water partition coefficient (Wildman–Crippen LogP) is 1.82. The molecule has 0 unspecified atom stereocenters. The lowest BCUT2D eigenvalue weighted by atomic mass is 10.2. The van der Waals surface area contributed by atoms with Gasteiger partial charge in [-0.2, -0.15) is 0 Å². The zero-order valence-electron chi connectivity index (χ0n) is 12.3. The van der Waals surface area contributed by atoms with E-state index in [0.717, 1.165) is 37.7 Å². The fourth-order valence-corrected chi connectivity index (χ4v) is 2.59. The third-order valence-electron chi connectivity index (χ3n) is 3.86. The van der Waals surface area contributed by atoms with Crippen LogP contribution in [0.2, 0.25) is 0 Å². The minimum atomic E-state index is -0.0138. The summed E-state index contributed by atoms with van der Waals surface area (Å²) in [7, 11) is 0. The third-order valence-corrected chi connectivity index (χ3v) is 3.86. The van der Waals surface area contributed by atoms with Crippen LogP contribution in [0.3, 0.4) is 0 Å². The first-order valence-electron chi connectivity index (χ1n) is 7.36.